The van der Waals surface area contributed by atoms with Crippen molar-refractivity contribution in [2.45, 2.75) is 39.7 Å². The van der Waals surface area contributed by atoms with Crippen LogP contribution >= 0.6 is 11.3 Å². The van der Waals surface area contributed by atoms with Gasteiger partial charge in [-0.25, -0.2) is 4.98 Å². The van der Waals surface area contributed by atoms with Crippen molar-refractivity contribution < 1.29 is 0 Å². The molecule has 0 radical (unpaired) electrons. The van der Waals surface area contributed by atoms with Crippen molar-refractivity contribution in [3.05, 3.63) is 11.1 Å². The fraction of sp³-hybridized carbons (Fsp3) is 0.769. The van der Waals surface area contributed by atoms with Gasteiger partial charge in [0.25, 0.3) is 0 Å². The normalized spacial score (nSPS) is 17.1. The minimum absolute atomic E-state index is 0.422. The highest BCUT2D eigenvalue weighted by molar-refractivity contribution is 7.15. The van der Waals surface area contributed by atoms with E-state index in [2.05, 4.69) is 36.0 Å². The average molecular weight is 253 g/mol. The fourth-order valence-corrected chi connectivity index (χ4v) is 3.00. The predicted octanol–water partition coefficient (Wildman–Crippen LogP) is 3.05. The van der Waals surface area contributed by atoms with Crippen LogP contribution in [0.25, 0.3) is 0 Å². The molecule has 0 saturated heterocycles. The molecule has 1 saturated carbocycles. The summed E-state index contributed by atoms with van der Waals surface area (Å²) in [6.45, 7) is 9.84. The first-order valence-corrected chi connectivity index (χ1v) is 7.50. The lowest BCUT2D eigenvalue weighted by Crippen LogP contribution is -2.24. The highest BCUT2D eigenvalue weighted by Gasteiger charge is 2.25. The Labute approximate surface area is 108 Å². The molecule has 96 valence electrons. The molecular weight excluding hydrogens is 230 g/mol. The van der Waals surface area contributed by atoms with Gasteiger partial charge in [-0.1, -0.05) is 6.92 Å². The molecule has 3 nitrogen and oxygen atoms in total. The van der Waals surface area contributed by atoms with Crippen LogP contribution in [0.1, 0.15) is 44.5 Å². The van der Waals surface area contributed by atoms with Gasteiger partial charge in [0.05, 0.1) is 0 Å². The first-order valence-electron chi connectivity index (χ1n) is 6.68. The zero-order valence-electron chi connectivity index (χ0n) is 11.1. The van der Waals surface area contributed by atoms with Crippen LogP contribution < -0.4 is 10.2 Å². The summed E-state index contributed by atoms with van der Waals surface area (Å²) in [5.74, 6) is 0.925. The van der Waals surface area contributed by atoms with E-state index in [1.54, 1.807) is 0 Å². The Morgan fingerprint density at radius 2 is 2.29 bits per heavy atom. The lowest BCUT2D eigenvalue weighted by molar-refractivity contribution is 0.606. The number of rotatable bonds is 7. The topological polar surface area (TPSA) is 28.2 Å². The quantitative estimate of drug-likeness (QED) is 0.809. The molecule has 1 atom stereocenters. The molecule has 0 bridgehead atoms. The Morgan fingerprint density at radius 1 is 1.53 bits per heavy atom. The van der Waals surface area contributed by atoms with Crippen LogP contribution in [0.15, 0.2) is 6.20 Å². The van der Waals surface area contributed by atoms with Crippen molar-refractivity contribution in [3.8, 4) is 0 Å². The smallest absolute Gasteiger partial charge is 0.185 e. The van der Waals surface area contributed by atoms with E-state index in [1.165, 1.54) is 29.4 Å². The Kier molecular flexibility index (Phi) is 4.40. The van der Waals surface area contributed by atoms with Gasteiger partial charge in [0.1, 0.15) is 0 Å². The van der Waals surface area contributed by atoms with E-state index >= 15 is 0 Å². The molecule has 1 fully saturated rings. The Bertz CT molecular complexity index is 346. The molecule has 2 rings (SSSR count). The van der Waals surface area contributed by atoms with Crippen LogP contribution in [-0.2, 0) is 0 Å². The first kappa shape index (κ1) is 12.8. The summed E-state index contributed by atoms with van der Waals surface area (Å²) < 4.78 is 0. The third-order valence-corrected chi connectivity index (χ3v) is 4.52. The monoisotopic (exact) mass is 253 g/mol. The number of hydrogen-bond acceptors (Lipinski definition) is 4. The average Bonchev–Trinajstić information content (AvgIpc) is 3.01. The molecular formula is C13H23N3S. The number of anilines is 1. The third kappa shape index (κ3) is 3.42. The van der Waals surface area contributed by atoms with Gasteiger partial charge in [0.2, 0.25) is 0 Å². The molecule has 0 spiro atoms. The second-order valence-corrected chi connectivity index (χ2v) is 5.85. The van der Waals surface area contributed by atoms with Crippen LogP contribution in [0.5, 0.6) is 0 Å². The van der Waals surface area contributed by atoms with E-state index in [4.69, 9.17) is 0 Å². The molecule has 4 heteroatoms. The van der Waals surface area contributed by atoms with Crippen molar-refractivity contribution >= 4 is 16.5 Å². The van der Waals surface area contributed by atoms with Gasteiger partial charge in [0, 0.05) is 30.2 Å². The minimum Gasteiger partial charge on any atom is -0.348 e. The van der Waals surface area contributed by atoms with E-state index in [0.29, 0.717) is 6.04 Å². The van der Waals surface area contributed by atoms with Gasteiger partial charge in [-0.05, 0) is 39.2 Å². The molecule has 1 heterocycles. The zero-order chi connectivity index (χ0) is 12.3. The van der Waals surface area contributed by atoms with Crippen molar-refractivity contribution in [1.82, 2.24) is 10.3 Å². The van der Waals surface area contributed by atoms with Crippen molar-refractivity contribution in [2.24, 2.45) is 5.92 Å². The molecule has 17 heavy (non-hydrogen) atoms. The number of nitrogens with zero attached hydrogens (tertiary/aromatic N) is 2. The summed E-state index contributed by atoms with van der Waals surface area (Å²) in [6, 6.07) is 0.422. The van der Waals surface area contributed by atoms with Gasteiger partial charge in [0.15, 0.2) is 5.13 Å². The van der Waals surface area contributed by atoms with Gasteiger partial charge >= 0.3 is 0 Å². The van der Waals surface area contributed by atoms with Crippen molar-refractivity contribution in [2.75, 3.05) is 24.5 Å². The number of aromatic nitrogens is 1. The van der Waals surface area contributed by atoms with Gasteiger partial charge in [-0.2, -0.15) is 0 Å². The van der Waals surface area contributed by atoms with Gasteiger partial charge in [-0.15, -0.1) is 11.3 Å². The van der Waals surface area contributed by atoms with Crippen LogP contribution in [0.4, 0.5) is 5.13 Å². The highest BCUT2D eigenvalue weighted by atomic mass is 32.1. The third-order valence-electron chi connectivity index (χ3n) is 3.28. The maximum absolute atomic E-state index is 4.58. The summed E-state index contributed by atoms with van der Waals surface area (Å²) >= 11 is 1.84. The molecule has 1 unspecified atom stereocenters. The lowest BCUT2D eigenvalue weighted by Gasteiger charge is -2.19. The van der Waals surface area contributed by atoms with Crippen molar-refractivity contribution in [3.63, 3.8) is 0 Å². The Morgan fingerprint density at radius 3 is 2.88 bits per heavy atom. The fourth-order valence-electron chi connectivity index (χ4n) is 1.98. The second kappa shape index (κ2) is 5.83. The molecule has 0 amide bonds. The standard InChI is InChI=1S/C13H23N3S/c1-4-14-10(3)12-8-15-13(17-12)16(5-2)9-11-6-7-11/h8,10-11,14H,4-7,9H2,1-3H3. The molecule has 0 aliphatic heterocycles. The minimum atomic E-state index is 0.422. The van der Waals surface area contributed by atoms with Gasteiger partial charge < -0.3 is 10.2 Å². The maximum atomic E-state index is 4.58. The van der Waals surface area contributed by atoms with E-state index in [-0.39, 0.29) is 0 Å². The van der Waals surface area contributed by atoms with Crippen molar-refractivity contribution in [1.29, 1.82) is 0 Å². The van der Waals surface area contributed by atoms with Crippen LogP contribution in [0.2, 0.25) is 0 Å². The molecule has 1 aromatic heterocycles. The number of hydrogen-bond donors (Lipinski definition) is 1. The van der Waals surface area contributed by atoms with E-state index in [0.717, 1.165) is 19.0 Å². The molecule has 1 aliphatic carbocycles. The predicted molar refractivity (Wildman–Crippen MR) is 74.8 cm³/mol. The number of nitrogens with one attached hydrogen (secondary N) is 1. The molecule has 0 aromatic carbocycles. The SMILES string of the molecule is CCNC(C)c1cnc(N(CC)CC2CC2)s1. The second-order valence-electron chi connectivity index (χ2n) is 4.81. The summed E-state index contributed by atoms with van der Waals surface area (Å²) in [6.07, 6.45) is 4.84. The van der Waals surface area contributed by atoms with E-state index in [9.17, 15) is 0 Å². The summed E-state index contributed by atoms with van der Waals surface area (Å²) in [5.41, 5.74) is 0. The van der Waals surface area contributed by atoms with Crippen LogP contribution in [0, 0.1) is 5.92 Å². The highest BCUT2D eigenvalue weighted by Crippen LogP contribution is 2.33. The molecule has 1 aromatic rings. The maximum Gasteiger partial charge on any atom is 0.185 e. The molecule has 1 aliphatic rings. The summed E-state index contributed by atoms with van der Waals surface area (Å²) in [7, 11) is 0. The largest absolute Gasteiger partial charge is 0.348 e. The lowest BCUT2D eigenvalue weighted by atomic mass is 10.3. The first-order chi connectivity index (χ1) is 8.24. The Hall–Kier alpha value is -0.610. The van der Waals surface area contributed by atoms with Crippen LogP contribution in [-0.4, -0.2) is 24.6 Å². The zero-order valence-corrected chi connectivity index (χ0v) is 11.9. The molecule has 1 N–H and O–H groups in total. The van der Waals surface area contributed by atoms with Crippen LogP contribution in [0.3, 0.4) is 0 Å². The summed E-state index contributed by atoms with van der Waals surface area (Å²) in [4.78, 5) is 8.34. The van der Waals surface area contributed by atoms with E-state index in [1.807, 2.05) is 17.5 Å². The van der Waals surface area contributed by atoms with Gasteiger partial charge in [-0.3, -0.25) is 0 Å². The summed E-state index contributed by atoms with van der Waals surface area (Å²) in [5, 5.41) is 4.63. The number of thiazole rings is 1. The van der Waals surface area contributed by atoms with E-state index < -0.39 is 0 Å². The Balaban J connectivity index is 1.99.